The number of imidazole rings is 1. The average molecular weight is 283 g/mol. The van der Waals surface area contributed by atoms with Crippen LogP contribution in [-0.2, 0) is 12.8 Å². The lowest BCUT2D eigenvalue weighted by Crippen LogP contribution is -2.25. The van der Waals surface area contributed by atoms with Gasteiger partial charge in [-0.1, -0.05) is 25.1 Å². The molecule has 0 spiro atoms. The molecule has 1 heterocycles. The van der Waals surface area contributed by atoms with Crippen molar-refractivity contribution < 1.29 is 0 Å². The zero-order valence-electron chi connectivity index (χ0n) is 13.0. The Morgan fingerprint density at radius 1 is 1.24 bits per heavy atom. The summed E-state index contributed by atoms with van der Waals surface area (Å²) in [6.45, 7) is 4.44. The van der Waals surface area contributed by atoms with E-state index in [1.165, 1.54) is 31.2 Å². The second kappa shape index (κ2) is 6.44. The average Bonchev–Trinajstić information content (AvgIpc) is 3.06. The molecule has 0 saturated carbocycles. The number of rotatable bonds is 5. The number of fused-ring (bicyclic) bond motifs is 1. The summed E-state index contributed by atoms with van der Waals surface area (Å²) in [5.41, 5.74) is 4.49. The number of nitrogens with zero attached hydrogens (tertiary/aromatic N) is 1. The van der Waals surface area contributed by atoms with Crippen molar-refractivity contribution in [3.05, 3.63) is 53.1 Å². The Bertz CT molecular complexity index is 574. The zero-order chi connectivity index (χ0) is 14.7. The molecule has 2 atom stereocenters. The van der Waals surface area contributed by atoms with Crippen molar-refractivity contribution in [3.8, 4) is 0 Å². The summed E-state index contributed by atoms with van der Waals surface area (Å²) < 4.78 is 0. The van der Waals surface area contributed by atoms with Gasteiger partial charge in [-0.3, -0.25) is 0 Å². The molecule has 1 aliphatic rings. The molecule has 3 nitrogen and oxygen atoms in total. The van der Waals surface area contributed by atoms with Crippen LogP contribution in [-0.4, -0.2) is 9.97 Å². The first-order chi connectivity index (χ1) is 10.3. The first-order valence-corrected chi connectivity index (χ1v) is 8.15. The number of aromatic nitrogens is 2. The lowest BCUT2D eigenvalue weighted by atomic mass is 9.89. The maximum absolute atomic E-state index is 4.39. The second-order valence-electron chi connectivity index (χ2n) is 6.06. The first kappa shape index (κ1) is 14.3. The van der Waals surface area contributed by atoms with Crippen LogP contribution in [0.2, 0.25) is 0 Å². The summed E-state index contributed by atoms with van der Waals surface area (Å²) in [7, 11) is 0. The van der Waals surface area contributed by atoms with Gasteiger partial charge >= 0.3 is 0 Å². The van der Waals surface area contributed by atoms with Gasteiger partial charge in [-0.2, -0.15) is 0 Å². The SMILES string of the molecule is CCC(NC(C)c1ccc2c(c1)CCCC2)c1ncc[nH]1. The Kier molecular flexibility index (Phi) is 4.39. The zero-order valence-corrected chi connectivity index (χ0v) is 13.0. The summed E-state index contributed by atoms with van der Waals surface area (Å²) in [4.78, 5) is 7.61. The standard InChI is InChI=1S/C18H25N3/c1-3-17(18-19-10-11-20-18)21-13(2)15-9-8-14-6-4-5-7-16(14)12-15/h8-13,17,21H,3-7H2,1-2H3,(H,19,20). The van der Waals surface area contributed by atoms with E-state index in [0.717, 1.165) is 12.2 Å². The van der Waals surface area contributed by atoms with Gasteiger partial charge in [-0.15, -0.1) is 0 Å². The van der Waals surface area contributed by atoms with E-state index in [2.05, 4.69) is 47.3 Å². The van der Waals surface area contributed by atoms with E-state index in [0.29, 0.717) is 6.04 Å². The van der Waals surface area contributed by atoms with Gasteiger partial charge in [0, 0.05) is 18.4 Å². The van der Waals surface area contributed by atoms with Crippen LogP contribution in [0.5, 0.6) is 0 Å². The largest absolute Gasteiger partial charge is 0.347 e. The molecule has 1 aromatic carbocycles. The summed E-state index contributed by atoms with van der Waals surface area (Å²) in [6.07, 6.45) is 9.92. The van der Waals surface area contributed by atoms with Crippen LogP contribution in [0, 0.1) is 0 Å². The molecule has 1 aliphatic carbocycles. The van der Waals surface area contributed by atoms with Crippen molar-refractivity contribution in [1.82, 2.24) is 15.3 Å². The lowest BCUT2D eigenvalue weighted by molar-refractivity contribution is 0.441. The number of aromatic amines is 1. The Hall–Kier alpha value is -1.61. The molecule has 1 aromatic heterocycles. The van der Waals surface area contributed by atoms with E-state index in [1.807, 2.05) is 12.4 Å². The Morgan fingerprint density at radius 3 is 2.76 bits per heavy atom. The predicted molar refractivity (Wildman–Crippen MR) is 86.3 cm³/mol. The first-order valence-electron chi connectivity index (χ1n) is 8.15. The summed E-state index contributed by atoms with van der Waals surface area (Å²) in [6, 6.07) is 7.64. The van der Waals surface area contributed by atoms with Crippen molar-refractivity contribution in [2.24, 2.45) is 0 Å². The number of hydrogen-bond acceptors (Lipinski definition) is 2. The monoisotopic (exact) mass is 283 g/mol. The molecule has 112 valence electrons. The van der Waals surface area contributed by atoms with Gasteiger partial charge in [0.15, 0.2) is 0 Å². The minimum atomic E-state index is 0.283. The molecule has 0 amide bonds. The highest BCUT2D eigenvalue weighted by Gasteiger charge is 2.17. The topological polar surface area (TPSA) is 40.7 Å². The van der Waals surface area contributed by atoms with E-state index in [4.69, 9.17) is 0 Å². The van der Waals surface area contributed by atoms with Crippen LogP contribution in [0.1, 0.15) is 67.7 Å². The molecular weight excluding hydrogens is 258 g/mol. The number of hydrogen-bond donors (Lipinski definition) is 2. The molecule has 3 heteroatoms. The number of benzene rings is 1. The third-order valence-corrected chi connectivity index (χ3v) is 4.58. The minimum absolute atomic E-state index is 0.283. The van der Waals surface area contributed by atoms with Gasteiger partial charge in [0.25, 0.3) is 0 Å². The fraction of sp³-hybridized carbons (Fsp3) is 0.500. The van der Waals surface area contributed by atoms with Gasteiger partial charge in [-0.25, -0.2) is 4.98 Å². The number of H-pyrrole nitrogens is 1. The fourth-order valence-electron chi connectivity index (χ4n) is 3.28. The van der Waals surface area contributed by atoms with Crippen molar-refractivity contribution >= 4 is 0 Å². The van der Waals surface area contributed by atoms with Gasteiger partial charge < -0.3 is 10.3 Å². The van der Waals surface area contributed by atoms with Gasteiger partial charge in [0.1, 0.15) is 5.82 Å². The van der Waals surface area contributed by atoms with E-state index in [9.17, 15) is 0 Å². The van der Waals surface area contributed by atoms with Crippen LogP contribution in [0.15, 0.2) is 30.6 Å². The maximum atomic E-state index is 4.39. The van der Waals surface area contributed by atoms with E-state index >= 15 is 0 Å². The molecule has 0 bridgehead atoms. The summed E-state index contributed by atoms with van der Waals surface area (Å²) in [5.74, 6) is 1.03. The molecular formula is C18H25N3. The number of nitrogens with one attached hydrogen (secondary N) is 2. The molecule has 0 aliphatic heterocycles. The van der Waals surface area contributed by atoms with Crippen LogP contribution in [0.4, 0.5) is 0 Å². The Morgan fingerprint density at radius 2 is 2.05 bits per heavy atom. The quantitative estimate of drug-likeness (QED) is 0.867. The van der Waals surface area contributed by atoms with Crippen LogP contribution >= 0.6 is 0 Å². The van der Waals surface area contributed by atoms with Gasteiger partial charge in [0.05, 0.1) is 6.04 Å². The van der Waals surface area contributed by atoms with Gasteiger partial charge in [-0.05, 0) is 55.7 Å². The Labute approximate surface area is 127 Å². The van der Waals surface area contributed by atoms with Crippen molar-refractivity contribution in [1.29, 1.82) is 0 Å². The molecule has 0 saturated heterocycles. The highest BCUT2D eigenvalue weighted by molar-refractivity contribution is 5.35. The normalized spacial score (nSPS) is 17.2. The van der Waals surface area contributed by atoms with Crippen LogP contribution in [0.3, 0.4) is 0 Å². The smallest absolute Gasteiger partial charge is 0.123 e. The summed E-state index contributed by atoms with van der Waals surface area (Å²) >= 11 is 0. The van der Waals surface area contributed by atoms with Crippen molar-refractivity contribution in [3.63, 3.8) is 0 Å². The highest BCUT2D eigenvalue weighted by atomic mass is 15.0. The van der Waals surface area contributed by atoms with E-state index in [1.54, 1.807) is 11.1 Å². The Balaban J connectivity index is 1.74. The molecule has 2 aromatic rings. The molecule has 0 radical (unpaired) electrons. The maximum Gasteiger partial charge on any atom is 0.123 e. The highest BCUT2D eigenvalue weighted by Crippen LogP contribution is 2.26. The molecule has 0 fully saturated rings. The minimum Gasteiger partial charge on any atom is -0.347 e. The lowest BCUT2D eigenvalue weighted by Gasteiger charge is -2.23. The van der Waals surface area contributed by atoms with Crippen LogP contribution < -0.4 is 5.32 Å². The summed E-state index contributed by atoms with van der Waals surface area (Å²) in [5, 5.41) is 3.70. The fourth-order valence-corrected chi connectivity index (χ4v) is 3.28. The van der Waals surface area contributed by atoms with Gasteiger partial charge in [0.2, 0.25) is 0 Å². The predicted octanol–water partition coefficient (Wildman–Crippen LogP) is 4.09. The van der Waals surface area contributed by atoms with E-state index in [-0.39, 0.29) is 6.04 Å². The number of aryl methyl sites for hydroxylation is 2. The molecule has 2 unspecified atom stereocenters. The third kappa shape index (κ3) is 3.18. The van der Waals surface area contributed by atoms with Crippen molar-refractivity contribution in [2.45, 2.75) is 58.0 Å². The van der Waals surface area contributed by atoms with Crippen LogP contribution in [0.25, 0.3) is 0 Å². The van der Waals surface area contributed by atoms with Crippen molar-refractivity contribution in [2.75, 3.05) is 0 Å². The second-order valence-corrected chi connectivity index (χ2v) is 6.06. The molecule has 2 N–H and O–H groups in total. The molecule has 3 rings (SSSR count). The molecule has 21 heavy (non-hydrogen) atoms. The van der Waals surface area contributed by atoms with E-state index < -0.39 is 0 Å². The third-order valence-electron chi connectivity index (χ3n) is 4.58.